The summed E-state index contributed by atoms with van der Waals surface area (Å²) in [6.07, 6.45) is 4.46. The second-order valence-electron chi connectivity index (χ2n) is 4.77. The molecule has 0 bridgehead atoms. The predicted octanol–water partition coefficient (Wildman–Crippen LogP) is 0.919. The van der Waals surface area contributed by atoms with E-state index in [1.54, 1.807) is 7.11 Å². The Hall–Kier alpha value is -0.610. The molecule has 16 heavy (non-hydrogen) atoms. The molecule has 0 spiro atoms. The van der Waals surface area contributed by atoms with E-state index in [0.29, 0.717) is 13.2 Å². The molecule has 1 saturated carbocycles. The Morgan fingerprint density at radius 1 is 1.25 bits per heavy atom. The molecule has 4 heteroatoms. The smallest absolute Gasteiger partial charge is 0.225 e. The number of hydrogen-bond acceptors (Lipinski definition) is 3. The average molecular weight is 228 g/mol. The molecule has 0 aromatic carbocycles. The van der Waals surface area contributed by atoms with E-state index in [1.165, 1.54) is 12.8 Å². The zero-order valence-electron chi connectivity index (χ0n) is 10.5. The van der Waals surface area contributed by atoms with Crippen LogP contribution >= 0.6 is 0 Å². The third-order valence-electron chi connectivity index (χ3n) is 3.33. The van der Waals surface area contributed by atoms with Crippen LogP contribution in [0.15, 0.2) is 0 Å². The van der Waals surface area contributed by atoms with Gasteiger partial charge in [0, 0.05) is 32.2 Å². The van der Waals surface area contributed by atoms with Gasteiger partial charge >= 0.3 is 0 Å². The monoisotopic (exact) mass is 228 g/mol. The number of nitrogens with one attached hydrogen (secondary N) is 2. The van der Waals surface area contributed by atoms with E-state index in [0.717, 1.165) is 25.9 Å². The summed E-state index contributed by atoms with van der Waals surface area (Å²) in [5, 5.41) is 6.20. The lowest BCUT2D eigenvalue weighted by Gasteiger charge is -2.22. The van der Waals surface area contributed by atoms with Crippen LogP contribution in [-0.4, -0.2) is 39.3 Å². The molecule has 1 amide bonds. The zero-order valence-corrected chi connectivity index (χ0v) is 10.5. The first-order valence-corrected chi connectivity index (χ1v) is 6.17. The van der Waals surface area contributed by atoms with Crippen LogP contribution in [0.3, 0.4) is 0 Å². The molecule has 0 radical (unpaired) electrons. The molecular weight excluding hydrogens is 204 g/mol. The molecule has 0 aromatic heterocycles. The molecule has 1 rings (SSSR count). The number of hydrogen-bond donors (Lipinski definition) is 2. The minimum absolute atomic E-state index is 0.105. The summed E-state index contributed by atoms with van der Waals surface area (Å²) in [6.45, 7) is 5.15. The van der Waals surface area contributed by atoms with Crippen molar-refractivity contribution in [2.45, 2.75) is 32.6 Å². The molecule has 0 aliphatic heterocycles. The van der Waals surface area contributed by atoms with Crippen molar-refractivity contribution in [3.63, 3.8) is 0 Å². The Balaban J connectivity index is 2.06. The topological polar surface area (TPSA) is 50.4 Å². The number of carbonyl (C=O) groups is 1. The predicted molar refractivity (Wildman–Crippen MR) is 64.3 cm³/mol. The SMILES string of the molecule is COCCNCCNC(=O)C1(C)CCCC1. The number of amides is 1. The van der Waals surface area contributed by atoms with Gasteiger partial charge in [0.05, 0.1) is 6.61 Å². The van der Waals surface area contributed by atoms with Gasteiger partial charge in [-0.15, -0.1) is 0 Å². The highest BCUT2D eigenvalue weighted by Crippen LogP contribution is 2.37. The van der Waals surface area contributed by atoms with Crippen LogP contribution in [0.25, 0.3) is 0 Å². The van der Waals surface area contributed by atoms with E-state index in [9.17, 15) is 4.79 Å². The first-order valence-electron chi connectivity index (χ1n) is 6.17. The highest BCUT2D eigenvalue weighted by atomic mass is 16.5. The van der Waals surface area contributed by atoms with Gasteiger partial charge in [-0.1, -0.05) is 19.8 Å². The van der Waals surface area contributed by atoms with Gasteiger partial charge in [-0.05, 0) is 12.8 Å². The van der Waals surface area contributed by atoms with E-state index < -0.39 is 0 Å². The Morgan fingerprint density at radius 2 is 1.94 bits per heavy atom. The summed E-state index contributed by atoms with van der Waals surface area (Å²) in [6, 6.07) is 0. The minimum atomic E-state index is -0.105. The Morgan fingerprint density at radius 3 is 2.56 bits per heavy atom. The van der Waals surface area contributed by atoms with Gasteiger partial charge < -0.3 is 15.4 Å². The second-order valence-corrected chi connectivity index (χ2v) is 4.77. The number of ether oxygens (including phenoxy) is 1. The van der Waals surface area contributed by atoms with Crippen LogP contribution in [0, 0.1) is 5.41 Å². The fourth-order valence-corrected chi connectivity index (χ4v) is 2.16. The van der Waals surface area contributed by atoms with Gasteiger partial charge in [0.25, 0.3) is 0 Å². The van der Waals surface area contributed by atoms with Crippen LogP contribution in [0.2, 0.25) is 0 Å². The van der Waals surface area contributed by atoms with Crippen molar-refractivity contribution in [2.75, 3.05) is 33.4 Å². The van der Waals surface area contributed by atoms with Crippen LogP contribution in [0.1, 0.15) is 32.6 Å². The largest absolute Gasteiger partial charge is 0.383 e. The van der Waals surface area contributed by atoms with Crippen molar-refractivity contribution in [1.82, 2.24) is 10.6 Å². The van der Waals surface area contributed by atoms with Gasteiger partial charge in [-0.2, -0.15) is 0 Å². The van der Waals surface area contributed by atoms with Gasteiger partial charge in [-0.25, -0.2) is 0 Å². The quantitative estimate of drug-likeness (QED) is 0.637. The lowest BCUT2D eigenvalue weighted by molar-refractivity contribution is -0.129. The molecule has 2 N–H and O–H groups in total. The maximum Gasteiger partial charge on any atom is 0.225 e. The molecule has 1 aliphatic carbocycles. The lowest BCUT2D eigenvalue weighted by Crippen LogP contribution is -2.40. The first kappa shape index (κ1) is 13.5. The van der Waals surface area contributed by atoms with E-state index in [1.807, 2.05) is 0 Å². The Kier molecular flexibility index (Phi) is 5.77. The number of rotatable bonds is 7. The summed E-state index contributed by atoms with van der Waals surface area (Å²) >= 11 is 0. The maximum atomic E-state index is 11.9. The summed E-state index contributed by atoms with van der Waals surface area (Å²) in [7, 11) is 1.68. The molecule has 94 valence electrons. The van der Waals surface area contributed by atoms with Gasteiger partial charge in [0.2, 0.25) is 5.91 Å². The molecular formula is C12H24N2O2. The van der Waals surface area contributed by atoms with E-state index in [2.05, 4.69) is 17.6 Å². The van der Waals surface area contributed by atoms with E-state index >= 15 is 0 Å². The van der Waals surface area contributed by atoms with E-state index in [-0.39, 0.29) is 11.3 Å². The zero-order chi connectivity index (χ0) is 11.9. The molecule has 0 unspecified atom stereocenters. The molecule has 0 heterocycles. The number of carbonyl (C=O) groups excluding carboxylic acids is 1. The van der Waals surface area contributed by atoms with Crippen molar-refractivity contribution in [1.29, 1.82) is 0 Å². The molecule has 1 fully saturated rings. The standard InChI is InChI=1S/C12H24N2O2/c1-12(5-3-4-6-12)11(15)14-8-7-13-9-10-16-2/h13H,3-10H2,1-2H3,(H,14,15). The molecule has 0 atom stereocenters. The maximum absolute atomic E-state index is 11.9. The fourth-order valence-electron chi connectivity index (χ4n) is 2.16. The van der Waals surface area contributed by atoms with Crippen LogP contribution in [0.5, 0.6) is 0 Å². The van der Waals surface area contributed by atoms with Crippen LogP contribution in [-0.2, 0) is 9.53 Å². The van der Waals surface area contributed by atoms with Crippen LogP contribution in [0.4, 0.5) is 0 Å². The third-order valence-corrected chi connectivity index (χ3v) is 3.33. The summed E-state index contributed by atoms with van der Waals surface area (Å²) in [5.41, 5.74) is -0.105. The van der Waals surface area contributed by atoms with Crippen molar-refractivity contribution in [2.24, 2.45) is 5.41 Å². The van der Waals surface area contributed by atoms with Crippen molar-refractivity contribution in [3.8, 4) is 0 Å². The number of methoxy groups -OCH3 is 1. The van der Waals surface area contributed by atoms with Crippen molar-refractivity contribution < 1.29 is 9.53 Å². The second kappa shape index (κ2) is 6.86. The first-order chi connectivity index (χ1) is 7.69. The third kappa shape index (κ3) is 4.10. The fraction of sp³-hybridized carbons (Fsp3) is 0.917. The minimum Gasteiger partial charge on any atom is -0.383 e. The van der Waals surface area contributed by atoms with Crippen molar-refractivity contribution >= 4 is 5.91 Å². The average Bonchev–Trinajstić information content (AvgIpc) is 2.71. The summed E-state index contributed by atoms with van der Waals surface area (Å²) < 4.78 is 4.92. The van der Waals surface area contributed by atoms with E-state index in [4.69, 9.17) is 4.74 Å². The van der Waals surface area contributed by atoms with Crippen molar-refractivity contribution in [3.05, 3.63) is 0 Å². The highest BCUT2D eigenvalue weighted by Gasteiger charge is 2.35. The normalized spacial score (nSPS) is 18.6. The Bertz CT molecular complexity index is 213. The molecule has 0 aromatic rings. The molecule has 0 saturated heterocycles. The Labute approximate surface area is 98.1 Å². The summed E-state index contributed by atoms with van der Waals surface area (Å²) in [5.74, 6) is 0.221. The van der Waals surface area contributed by atoms with Crippen LogP contribution < -0.4 is 10.6 Å². The molecule has 4 nitrogen and oxygen atoms in total. The van der Waals surface area contributed by atoms with Gasteiger partial charge in [-0.3, -0.25) is 4.79 Å². The highest BCUT2D eigenvalue weighted by molar-refractivity contribution is 5.82. The van der Waals surface area contributed by atoms with Gasteiger partial charge in [0.15, 0.2) is 0 Å². The lowest BCUT2D eigenvalue weighted by atomic mass is 9.88. The van der Waals surface area contributed by atoms with Gasteiger partial charge in [0.1, 0.15) is 0 Å². The summed E-state index contributed by atoms with van der Waals surface area (Å²) in [4.78, 5) is 11.9. The molecule has 1 aliphatic rings.